The first kappa shape index (κ1) is 19.8. The number of nitrogens with one attached hydrogen (secondary N) is 1. The smallest absolute Gasteiger partial charge is 0.190 e. The van der Waals surface area contributed by atoms with Crippen molar-refractivity contribution in [3.05, 3.63) is 51.5 Å². The number of aryl methyl sites for hydroxylation is 1. The lowest BCUT2D eigenvalue weighted by molar-refractivity contribution is -0.0237. The Balaban J connectivity index is 2.09. The van der Waals surface area contributed by atoms with Gasteiger partial charge in [-0.2, -0.15) is 0 Å². The van der Waals surface area contributed by atoms with E-state index in [-0.39, 0.29) is 30.2 Å². The number of anilines is 2. The summed E-state index contributed by atoms with van der Waals surface area (Å²) in [5, 5.41) is 3.30. The molecule has 3 aromatic rings. The number of hydrogen-bond acceptors (Lipinski definition) is 5. The van der Waals surface area contributed by atoms with E-state index in [1.165, 1.54) is 13.4 Å². The average molecular weight is 457 g/mol. The third-order valence-electron chi connectivity index (χ3n) is 3.89. The number of carbonyl (C=O) groups excluding carboxylic acids is 1. The Bertz CT molecular complexity index is 1010. The maximum atomic E-state index is 15.2. The van der Waals surface area contributed by atoms with E-state index in [1.807, 2.05) is 0 Å². The number of carbonyl (C=O) groups is 1. The van der Waals surface area contributed by atoms with Crippen molar-refractivity contribution in [3.8, 4) is 0 Å². The van der Waals surface area contributed by atoms with Crippen LogP contribution < -0.4 is 5.32 Å². The minimum atomic E-state index is -0.637. The van der Waals surface area contributed by atoms with Gasteiger partial charge in [-0.05, 0) is 24.3 Å². The fraction of sp³-hybridized carbons (Fsp3) is 0.222. The van der Waals surface area contributed by atoms with Crippen molar-refractivity contribution in [2.45, 2.75) is 0 Å². The van der Waals surface area contributed by atoms with Gasteiger partial charge in [-0.3, -0.25) is 4.79 Å². The summed E-state index contributed by atoms with van der Waals surface area (Å²) in [6.45, 7) is -0.289. The van der Waals surface area contributed by atoms with Crippen LogP contribution in [-0.4, -0.2) is 35.8 Å². The number of Topliss-reactive ketones (excluding diaryl/α,β-unsaturated/α-hetero) is 1. The molecule has 0 unspecified atom stereocenters. The molecule has 0 atom stereocenters. The second-order valence-electron chi connectivity index (χ2n) is 5.76. The van der Waals surface area contributed by atoms with E-state index in [0.717, 1.165) is 4.47 Å². The molecule has 0 aliphatic rings. The van der Waals surface area contributed by atoms with E-state index < -0.39 is 11.6 Å². The number of ether oxygens (including phenoxy) is 2. The Labute approximate surface area is 168 Å². The summed E-state index contributed by atoms with van der Waals surface area (Å²) in [7, 11) is 3.18. The van der Waals surface area contributed by atoms with Gasteiger partial charge in [-0.25, -0.2) is 9.37 Å². The van der Waals surface area contributed by atoms with Gasteiger partial charge in [0.25, 0.3) is 0 Å². The van der Waals surface area contributed by atoms with E-state index >= 15 is 4.39 Å². The quantitative estimate of drug-likeness (QED) is 0.318. The Hall–Kier alpha value is -2.00. The first-order chi connectivity index (χ1) is 12.9. The molecule has 0 radical (unpaired) electrons. The average Bonchev–Trinajstić information content (AvgIpc) is 3.00. The molecule has 0 amide bonds. The highest BCUT2D eigenvalue weighted by atomic mass is 79.9. The van der Waals surface area contributed by atoms with E-state index in [0.29, 0.717) is 16.2 Å². The van der Waals surface area contributed by atoms with Gasteiger partial charge in [0.2, 0.25) is 0 Å². The maximum absolute atomic E-state index is 15.2. The van der Waals surface area contributed by atoms with Crippen LogP contribution in [0.15, 0.2) is 35.1 Å². The third kappa shape index (κ3) is 4.14. The third-order valence-corrected chi connectivity index (χ3v) is 4.69. The lowest BCUT2D eigenvalue weighted by atomic mass is 10.1. The molecule has 3 rings (SSSR count). The van der Waals surface area contributed by atoms with Crippen LogP contribution in [0.1, 0.15) is 10.4 Å². The molecule has 6 nitrogen and oxygen atoms in total. The van der Waals surface area contributed by atoms with Crippen molar-refractivity contribution in [1.82, 2.24) is 9.55 Å². The molecule has 27 heavy (non-hydrogen) atoms. The van der Waals surface area contributed by atoms with Crippen molar-refractivity contribution in [2.24, 2.45) is 7.05 Å². The van der Waals surface area contributed by atoms with Gasteiger partial charge >= 0.3 is 0 Å². The fourth-order valence-electron chi connectivity index (χ4n) is 2.59. The van der Waals surface area contributed by atoms with Crippen LogP contribution in [0, 0.1) is 5.82 Å². The first-order valence-corrected chi connectivity index (χ1v) is 9.05. The van der Waals surface area contributed by atoms with Crippen LogP contribution in [0.25, 0.3) is 11.0 Å². The lowest BCUT2D eigenvalue weighted by Gasteiger charge is -2.15. The summed E-state index contributed by atoms with van der Waals surface area (Å²) in [5.74, 6) is -1.04. The van der Waals surface area contributed by atoms with Gasteiger partial charge in [0.1, 0.15) is 18.9 Å². The number of halogens is 3. The zero-order valence-corrected chi connectivity index (χ0v) is 16.9. The maximum Gasteiger partial charge on any atom is 0.190 e. The summed E-state index contributed by atoms with van der Waals surface area (Å²) in [4.78, 5) is 16.7. The normalized spacial score (nSPS) is 11.1. The van der Waals surface area contributed by atoms with E-state index in [4.69, 9.17) is 21.1 Å². The predicted molar refractivity (Wildman–Crippen MR) is 105 cm³/mol. The van der Waals surface area contributed by atoms with Gasteiger partial charge in [0, 0.05) is 24.2 Å². The van der Waals surface area contributed by atoms with Crippen LogP contribution >= 0.6 is 27.5 Å². The SMILES string of the molecule is COCOCC(=O)c1cc2c(ncn2C)c(F)c1Nc1ccc(Br)cc1Cl. The number of hydrogen-bond donors (Lipinski definition) is 1. The Morgan fingerprint density at radius 1 is 1.41 bits per heavy atom. The van der Waals surface area contributed by atoms with E-state index in [9.17, 15) is 4.79 Å². The number of imidazole rings is 1. The van der Waals surface area contributed by atoms with Crippen molar-refractivity contribution in [3.63, 3.8) is 0 Å². The number of aromatic nitrogens is 2. The number of methoxy groups -OCH3 is 1. The minimum Gasteiger partial charge on any atom is -0.359 e. The molecule has 0 spiro atoms. The lowest BCUT2D eigenvalue weighted by Crippen LogP contribution is -2.14. The highest BCUT2D eigenvalue weighted by Crippen LogP contribution is 2.34. The topological polar surface area (TPSA) is 65.4 Å². The molecule has 0 saturated heterocycles. The van der Waals surface area contributed by atoms with Gasteiger partial charge in [-0.15, -0.1) is 0 Å². The van der Waals surface area contributed by atoms with Crippen LogP contribution in [0.3, 0.4) is 0 Å². The minimum absolute atomic E-state index is 0.00330. The number of rotatable bonds is 7. The number of benzene rings is 2. The van der Waals surface area contributed by atoms with Crippen molar-refractivity contribution >= 4 is 55.7 Å². The summed E-state index contributed by atoms with van der Waals surface area (Å²) in [5.41, 5.74) is 1.24. The van der Waals surface area contributed by atoms with E-state index in [2.05, 4.69) is 26.2 Å². The standard InChI is InChI=1S/C18H16BrClFN3O3/c1-24-8-22-18-14(24)6-11(15(25)7-27-9-26-2)17(16(18)21)23-13-4-3-10(19)5-12(13)20/h3-6,8,23H,7,9H2,1-2H3. The molecule has 1 N–H and O–H groups in total. The summed E-state index contributed by atoms with van der Waals surface area (Å²) >= 11 is 9.55. The molecule has 0 bridgehead atoms. The Morgan fingerprint density at radius 2 is 2.19 bits per heavy atom. The number of nitrogens with zero attached hydrogens (tertiary/aromatic N) is 2. The second kappa shape index (κ2) is 8.35. The summed E-state index contributed by atoms with van der Waals surface area (Å²) in [6.07, 6.45) is 1.49. The Kier molecular flexibility index (Phi) is 6.11. The Morgan fingerprint density at radius 3 is 2.89 bits per heavy atom. The number of fused-ring (bicyclic) bond motifs is 1. The molecule has 1 aromatic heterocycles. The second-order valence-corrected chi connectivity index (χ2v) is 7.09. The molecule has 2 aromatic carbocycles. The molecule has 0 saturated carbocycles. The molecular weight excluding hydrogens is 441 g/mol. The van der Waals surface area contributed by atoms with Gasteiger partial charge in [0.15, 0.2) is 11.6 Å². The van der Waals surface area contributed by atoms with Crippen LogP contribution in [0.2, 0.25) is 5.02 Å². The highest BCUT2D eigenvalue weighted by Gasteiger charge is 2.22. The van der Waals surface area contributed by atoms with Gasteiger partial charge in [-0.1, -0.05) is 27.5 Å². The molecular formula is C18H16BrClFN3O3. The van der Waals surface area contributed by atoms with Gasteiger partial charge in [0.05, 0.1) is 28.2 Å². The van der Waals surface area contributed by atoms with Crippen molar-refractivity contribution in [1.29, 1.82) is 0 Å². The molecule has 0 aliphatic heterocycles. The zero-order valence-electron chi connectivity index (χ0n) is 14.6. The summed E-state index contributed by atoms with van der Waals surface area (Å²) in [6, 6.07) is 6.70. The van der Waals surface area contributed by atoms with Crippen LogP contribution in [-0.2, 0) is 16.5 Å². The van der Waals surface area contributed by atoms with Crippen molar-refractivity contribution in [2.75, 3.05) is 25.8 Å². The molecule has 9 heteroatoms. The largest absolute Gasteiger partial charge is 0.359 e. The molecule has 0 aliphatic carbocycles. The zero-order chi connectivity index (χ0) is 19.6. The van der Waals surface area contributed by atoms with E-state index in [1.54, 1.807) is 35.9 Å². The van der Waals surface area contributed by atoms with Crippen molar-refractivity contribution < 1.29 is 18.7 Å². The molecule has 0 fully saturated rings. The fourth-order valence-corrected chi connectivity index (χ4v) is 3.31. The highest BCUT2D eigenvalue weighted by molar-refractivity contribution is 9.10. The first-order valence-electron chi connectivity index (χ1n) is 7.88. The molecule has 1 heterocycles. The predicted octanol–water partition coefficient (Wildman–Crippen LogP) is 4.68. The molecule has 142 valence electrons. The van der Waals surface area contributed by atoms with Crippen LogP contribution in [0.5, 0.6) is 0 Å². The summed E-state index contributed by atoms with van der Waals surface area (Å²) < 4.78 is 27.5. The monoisotopic (exact) mass is 455 g/mol. The van der Waals surface area contributed by atoms with Gasteiger partial charge < -0.3 is 19.4 Å². The number of ketones is 1. The van der Waals surface area contributed by atoms with Crippen LogP contribution in [0.4, 0.5) is 15.8 Å².